The number of aryl methyl sites for hydroxylation is 2. The van der Waals surface area contributed by atoms with Crippen molar-refractivity contribution in [2.75, 3.05) is 4.90 Å². The molecule has 0 radical (unpaired) electrons. The molecule has 5 heterocycles. The molecule has 1 aliphatic heterocycles. The molecule has 0 amide bonds. The van der Waals surface area contributed by atoms with Gasteiger partial charge >= 0.3 is 0 Å². The minimum Gasteiger partial charge on any atom is -0.297 e. The van der Waals surface area contributed by atoms with Gasteiger partial charge in [-0.2, -0.15) is 10.1 Å². The fourth-order valence-electron chi connectivity index (χ4n) is 4.44. The van der Waals surface area contributed by atoms with Gasteiger partial charge in [-0.25, -0.2) is 14.4 Å². The van der Waals surface area contributed by atoms with Crippen molar-refractivity contribution in [3.05, 3.63) is 72.6 Å². The van der Waals surface area contributed by atoms with E-state index in [-0.39, 0.29) is 11.9 Å². The fraction of sp³-hybridized carbons (Fsp3) is 0.217. The topological polar surface area (TPSA) is 95.4 Å². The van der Waals surface area contributed by atoms with Crippen LogP contribution in [0.5, 0.6) is 0 Å². The molecule has 0 bridgehead atoms. The summed E-state index contributed by atoms with van der Waals surface area (Å²) in [6.07, 6.45) is 7.86. The molecule has 170 valence electrons. The Morgan fingerprint density at radius 1 is 1.03 bits per heavy atom. The van der Waals surface area contributed by atoms with E-state index < -0.39 is 0 Å². The Balaban J connectivity index is 1.58. The number of halogens is 1. The number of fused-ring (bicyclic) bond motifs is 3. The van der Waals surface area contributed by atoms with Gasteiger partial charge in [-0.3, -0.25) is 18.7 Å². The molecule has 0 aliphatic carbocycles. The number of anilines is 2. The van der Waals surface area contributed by atoms with E-state index in [9.17, 15) is 4.39 Å². The summed E-state index contributed by atoms with van der Waals surface area (Å²) in [5, 5.41) is 13.2. The van der Waals surface area contributed by atoms with E-state index in [1.54, 1.807) is 40.1 Å². The van der Waals surface area contributed by atoms with Crippen molar-refractivity contribution in [1.29, 1.82) is 0 Å². The number of aromatic nitrogens is 9. The van der Waals surface area contributed by atoms with E-state index in [0.717, 1.165) is 35.0 Å². The number of hydrogen-bond acceptors (Lipinski definition) is 7. The van der Waals surface area contributed by atoms with Gasteiger partial charge in [-0.15, -0.1) is 10.2 Å². The molecule has 34 heavy (non-hydrogen) atoms. The molecule has 0 saturated heterocycles. The smallest absolute Gasteiger partial charge is 0.237 e. The summed E-state index contributed by atoms with van der Waals surface area (Å²) >= 11 is 0. The number of hydrogen-bond donors (Lipinski definition) is 0. The van der Waals surface area contributed by atoms with Crippen LogP contribution in [0, 0.1) is 12.7 Å². The second-order valence-corrected chi connectivity index (χ2v) is 8.11. The Bertz CT molecular complexity index is 1500. The highest BCUT2D eigenvalue weighted by Crippen LogP contribution is 2.43. The maximum atomic E-state index is 13.5. The van der Waals surface area contributed by atoms with Crippen LogP contribution in [0.4, 0.5) is 16.0 Å². The van der Waals surface area contributed by atoms with Crippen molar-refractivity contribution in [1.82, 2.24) is 44.1 Å². The molecule has 10 nitrogen and oxygen atoms in total. The highest BCUT2D eigenvalue weighted by Gasteiger charge is 2.37. The third-order valence-electron chi connectivity index (χ3n) is 5.97. The lowest BCUT2D eigenvalue weighted by Crippen LogP contribution is -2.33. The monoisotopic (exact) mass is 456 g/mol. The van der Waals surface area contributed by atoms with E-state index >= 15 is 0 Å². The van der Waals surface area contributed by atoms with E-state index in [2.05, 4.69) is 32.1 Å². The summed E-state index contributed by atoms with van der Waals surface area (Å²) in [5.74, 6) is 3.06. The standard InChI is InChI=1S/C23H21FN10/c1-4-17-21-29-26-13-33(21)19-14(2)27-23(28-22(19)34(17)18-9-11-31(3)30-18)32-12-10-25-20(32)15-5-7-16(24)8-6-15/h5-13,17H,4H2,1-3H3. The Labute approximate surface area is 194 Å². The van der Waals surface area contributed by atoms with Crippen LogP contribution in [-0.2, 0) is 7.05 Å². The van der Waals surface area contributed by atoms with Gasteiger partial charge in [0.25, 0.3) is 0 Å². The quantitative estimate of drug-likeness (QED) is 0.407. The molecule has 0 saturated carbocycles. The van der Waals surface area contributed by atoms with Gasteiger partial charge in [-0.1, -0.05) is 6.92 Å². The first-order chi connectivity index (χ1) is 16.5. The predicted octanol–water partition coefficient (Wildman–Crippen LogP) is 3.69. The van der Waals surface area contributed by atoms with Crippen LogP contribution in [-0.4, -0.2) is 44.1 Å². The van der Waals surface area contributed by atoms with Crippen molar-refractivity contribution in [3.63, 3.8) is 0 Å². The highest BCUT2D eigenvalue weighted by atomic mass is 19.1. The molecule has 1 aromatic carbocycles. The average Bonchev–Trinajstić information content (AvgIpc) is 3.59. The maximum absolute atomic E-state index is 13.5. The molecule has 11 heteroatoms. The first-order valence-electron chi connectivity index (χ1n) is 10.9. The van der Waals surface area contributed by atoms with Crippen LogP contribution in [0.15, 0.2) is 55.2 Å². The Kier molecular flexibility index (Phi) is 4.51. The summed E-state index contributed by atoms with van der Waals surface area (Å²) in [6.45, 7) is 4.03. The zero-order chi connectivity index (χ0) is 23.4. The Hall–Kier alpha value is -4.41. The summed E-state index contributed by atoms with van der Waals surface area (Å²) in [4.78, 5) is 16.4. The molecule has 4 aromatic heterocycles. The first-order valence-corrected chi connectivity index (χ1v) is 10.9. The molecular weight excluding hydrogens is 435 g/mol. The fourth-order valence-corrected chi connectivity index (χ4v) is 4.44. The van der Waals surface area contributed by atoms with Gasteiger partial charge in [0, 0.05) is 37.3 Å². The van der Waals surface area contributed by atoms with E-state index in [1.807, 2.05) is 30.8 Å². The van der Waals surface area contributed by atoms with Gasteiger partial charge in [-0.05, 0) is 37.6 Å². The third-order valence-corrected chi connectivity index (χ3v) is 5.97. The molecule has 1 unspecified atom stereocenters. The molecule has 0 fully saturated rings. The average molecular weight is 456 g/mol. The van der Waals surface area contributed by atoms with E-state index in [4.69, 9.17) is 9.97 Å². The second-order valence-electron chi connectivity index (χ2n) is 8.11. The normalized spacial score (nSPS) is 14.8. The molecule has 6 rings (SSSR count). The second kappa shape index (κ2) is 7.58. The zero-order valence-corrected chi connectivity index (χ0v) is 18.8. The lowest BCUT2D eigenvalue weighted by Gasteiger charge is -2.36. The van der Waals surface area contributed by atoms with E-state index in [1.165, 1.54) is 12.1 Å². The highest BCUT2D eigenvalue weighted by molar-refractivity contribution is 5.72. The SMILES string of the molecule is CCC1c2nncn2-c2c(C)nc(-n3ccnc3-c3ccc(F)cc3)nc2N1c1ccn(C)n1. The Morgan fingerprint density at radius 2 is 1.85 bits per heavy atom. The Morgan fingerprint density at radius 3 is 2.59 bits per heavy atom. The van der Waals surface area contributed by atoms with E-state index in [0.29, 0.717) is 17.6 Å². The van der Waals surface area contributed by atoms with Crippen molar-refractivity contribution < 1.29 is 4.39 Å². The number of rotatable bonds is 4. The lowest BCUT2D eigenvalue weighted by molar-refractivity contribution is 0.578. The van der Waals surface area contributed by atoms with Crippen LogP contribution < -0.4 is 4.90 Å². The number of imidazole rings is 1. The molecule has 1 aliphatic rings. The van der Waals surface area contributed by atoms with Crippen molar-refractivity contribution >= 4 is 11.6 Å². The largest absolute Gasteiger partial charge is 0.297 e. The number of nitrogens with zero attached hydrogens (tertiary/aromatic N) is 10. The zero-order valence-electron chi connectivity index (χ0n) is 18.8. The summed E-state index contributed by atoms with van der Waals surface area (Å²) in [5.41, 5.74) is 2.33. The lowest BCUT2D eigenvalue weighted by atomic mass is 10.1. The minimum atomic E-state index is -0.302. The molecule has 0 N–H and O–H groups in total. The van der Waals surface area contributed by atoms with Gasteiger partial charge in [0.15, 0.2) is 17.5 Å². The molecule has 5 aromatic rings. The number of benzene rings is 1. The predicted molar refractivity (Wildman–Crippen MR) is 123 cm³/mol. The minimum absolute atomic E-state index is 0.105. The van der Waals surface area contributed by atoms with Gasteiger partial charge in [0.2, 0.25) is 5.95 Å². The van der Waals surface area contributed by atoms with Gasteiger partial charge in [0.1, 0.15) is 23.7 Å². The van der Waals surface area contributed by atoms with Crippen LogP contribution in [0.1, 0.15) is 30.9 Å². The third kappa shape index (κ3) is 3.00. The summed E-state index contributed by atoms with van der Waals surface area (Å²) in [7, 11) is 1.88. The van der Waals surface area contributed by atoms with Crippen LogP contribution in [0.2, 0.25) is 0 Å². The van der Waals surface area contributed by atoms with Gasteiger partial charge in [0.05, 0.1) is 11.7 Å². The summed E-state index contributed by atoms with van der Waals surface area (Å²) in [6, 6.07) is 8.06. The summed E-state index contributed by atoms with van der Waals surface area (Å²) < 4.78 is 19.0. The van der Waals surface area contributed by atoms with Crippen molar-refractivity contribution in [2.24, 2.45) is 7.05 Å². The molecule has 0 spiro atoms. The molecular formula is C23H21FN10. The maximum Gasteiger partial charge on any atom is 0.237 e. The first kappa shape index (κ1) is 20.2. The van der Waals surface area contributed by atoms with Gasteiger partial charge < -0.3 is 0 Å². The van der Waals surface area contributed by atoms with Crippen LogP contribution in [0.3, 0.4) is 0 Å². The van der Waals surface area contributed by atoms with Crippen molar-refractivity contribution in [2.45, 2.75) is 26.3 Å². The van der Waals surface area contributed by atoms with Crippen LogP contribution in [0.25, 0.3) is 23.0 Å². The molecule has 1 atom stereocenters. The van der Waals surface area contributed by atoms with Crippen molar-refractivity contribution in [3.8, 4) is 23.0 Å². The van der Waals surface area contributed by atoms with Crippen LogP contribution >= 0.6 is 0 Å².